The fourth-order valence-corrected chi connectivity index (χ4v) is 2.18. The van der Waals surface area contributed by atoms with E-state index in [-0.39, 0.29) is 0 Å². The van der Waals surface area contributed by atoms with Crippen molar-refractivity contribution in [2.24, 2.45) is 7.05 Å². The smallest absolute Gasteiger partial charge is 0.148 e. The quantitative estimate of drug-likeness (QED) is 0.870. The normalized spacial score (nSPS) is 14.9. The molecule has 0 amide bonds. The lowest BCUT2D eigenvalue weighted by molar-refractivity contribution is 0.768. The van der Waals surface area contributed by atoms with Crippen LogP contribution >= 0.6 is 0 Å². The Morgan fingerprint density at radius 3 is 2.82 bits per heavy atom. The highest BCUT2D eigenvalue weighted by molar-refractivity contribution is 5.38. The van der Waals surface area contributed by atoms with Gasteiger partial charge in [0.05, 0.1) is 0 Å². The van der Waals surface area contributed by atoms with Gasteiger partial charge in [-0.1, -0.05) is 24.3 Å². The topological polar surface area (TPSA) is 29.9 Å². The van der Waals surface area contributed by atoms with Crippen molar-refractivity contribution in [3.8, 4) is 0 Å². The molecule has 17 heavy (non-hydrogen) atoms. The highest BCUT2D eigenvalue weighted by Crippen LogP contribution is 2.41. The Morgan fingerprint density at radius 1 is 1.29 bits per heavy atom. The largest absolute Gasteiger partial charge is 0.365 e. The summed E-state index contributed by atoms with van der Waals surface area (Å²) >= 11 is 0. The van der Waals surface area contributed by atoms with Crippen LogP contribution in [0.15, 0.2) is 36.5 Å². The van der Waals surface area contributed by atoms with Crippen molar-refractivity contribution in [2.75, 3.05) is 5.32 Å². The number of rotatable bonds is 4. The van der Waals surface area contributed by atoms with Gasteiger partial charge in [-0.05, 0) is 29.9 Å². The van der Waals surface area contributed by atoms with Crippen molar-refractivity contribution in [3.63, 3.8) is 0 Å². The van der Waals surface area contributed by atoms with E-state index in [0.29, 0.717) is 0 Å². The number of hydrogen-bond acceptors (Lipinski definition) is 2. The maximum atomic E-state index is 4.32. The van der Waals surface area contributed by atoms with Crippen LogP contribution < -0.4 is 5.32 Å². The van der Waals surface area contributed by atoms with E-state index in [1.165, 1.54) is 24.0 Å². The van der Waals surface area contributed by atoms with Gasteiger partial charge in [-0.2, -0.15) is 5.10 Å². The lowest BCUT2D eigenvalue weighted by Gasteiger charge is -2.09. The minimum absolute atomic E-state index is 0.803. The second-order valence-corrected chi connectivity index (χ2v) is 4.70. The van der Waals surface area contributed by atoms with E-state index in [1.54, 1.807) is 0 Å². The summed E-state index contributed by atoms with van der Waals surface area (Å²) in [6.07, 6.45) is 4.65. The molecule has 0 spiro atoms. The van der Waals surface area contributed by atoms with Gasteiger partial charge >= 0.3 is 0 Å². The second kappa shape index (κ2) is 4.24. The Hall–Kier alpha value is -1.77. The summed E-state index contributed by atoms with van der Waals surface area (Å²) in [6.45, 7) is 0.865. The van der Waals surface area contributed by atoms with E-state index in [0.717, 1.165) is 18.3 Å². The van der Waals surface area contributed by atoms with Crippen molar-refractivity contribution in [3.05, 3.63) is 47.7 Å². The lowest BCUT2D eigenvalue weighted by atomic mass is 10.0. The maximum absolute atomic E-state index is 4.32. The third-order valence-electron chi connectivity index (χ3n) is 3.25. The molecule has 1 aliphatic rings. The fourth-order valence-electron chi connectivity index (χ4n) is 2.18. The van der Waals surface area contributed by atoms with Gasteiger partial charge in [0.15, 0.2) is 0 Å². The molecule has 1 aliphatic carbocycles. The minimum Gasteiger partial charge on any atom is -0.365 e. The summed E-state index contributed by atoms with van der Waals surface area (Å²) in [5.74, 6) is 1.75. The first-order valence-corrected chi connectivity index (χ1v) is 6.14. The molecule has 3 nitrogen and oxygen atoms in total. The van der Waals surface area contributed by atoms with Crippen LogP contribution in [0.25, 0.3) is 0 Å². The molecule has 3 rings (SSSR count). The van der Waals surface area contributed by atoms with E-state index < -0.39 is 0 Å². The molecule has 0 bridgehead atoms. The maximum Gasteiger partial charge on any atom is 0.148 e. The standard InChI is InChI=1S/C14H17N3/c1-17-9-8-14(16-17)15-10-12-4-2-3-5-13(12)11-6-7-11/h2-5,8-9,11H,6-7,10H2,1H3,(H,15,16). The van der Waals surface area contributed by atoms with Crippen LogP contribution in [-0.2, 0) is 13.6 Å². The fraction of sp³-hybridized carbons (Fsp3) is 0.357. The lowest BCUT2D eigenvalue weighted by Crippen LogP contribution is -2.03. The van der Waals surface area contributed by atoms with Gasteiger partial charge < -0.3 is 5.32 Å². The summed E-state index contributed by atoms with van der Waals surface area (Å²) in [5, 5.41) is 7.69. The third kappa shape index (κ3) is 2.33. The van der Waals surface area contributed by atoms with E-state index >= 15 is 0 Å². The highest BCUT2D eigenvalue weighted by atomic mass is 15.3. The van der Waals surface area contributed by atoms with Crippen LogP contribution in [0.4, 0.5) is 5.82 Å². The van der Waals surface area contributed by atoms with E-state index in [1.807, 2.05) is 24.0 Å². The predicted octanol–water partition coefficient (Wildman–Crippen LogP) is 2.91. The Kier molecular flexibility index (Phi) is 2.59. The van der Waals surface area contributed by atoms with Crippen LogP contribution in [0.1, 0.15) is 29.9 Å². The first-order chi connectivity index (χ1) is 8.33. The monoisotopic (exact) mass is 227 g/mol. The molecular formula is C14H17N3. The number of anilines is 1. The van der Waals surface area contributed by atoms with Gasteiger partial charge in [0, 0.05) is 25.9 Å². The number of nitrogens with zero attached hydrogens (tertiary/aromatic N) is 2. The van der Waals surface area contributed by atoms with E-state index in [4.69, 9.17) is 0 Å². The molecule has 0 atom stereocenters. The summed E-state index contributed by atoms with van der Waals surface area (Å²) in [7, 11) is 1.93. The van der Waals surface area contributed by atoms with Crippen molar-refractivity contribution in [1.29, 1.82) is 0 Å². The van der Waals surface area contributed by atoms with Crippen LogP contribution in [0.2, 0.25) is 0 Å². The molecule has 1 fully saturated rings. The van der Waals surface area contributed by atoms with Gasteiger partial charge in [0.25, 0.3) is 0 Å². The third-order valence-corrected chi connectivity index (χ3v) is 3.25. The zero-order chi connectivity index (χ0) is 11.7. The van der Waals surface area contributed by atoms with Crippen LogP contribution in [-0.4, -0.2) is 9.78 Å². The molecule has 0 radical (unpaired) electrons. The molecule has 2 aromatic rings. The number of nitrogens with one attached hydrogen (secondary N) is 1. The van der Waals surface area contributed by atoms with Gasteiger partial charge in [-0.3, -0.25) is 4.68 Å². The number of aromatic nitrogens is 2. The Morgan fingerprint density at radius 2 is 2.12 bits per heavy atom. The Labute approximate surface area is 101 Å². The summed E-state index contributed by atoms with van der Waals surface area (Å²) in [4.78, 5) is 0. The van der Waals surface area contributed by atoms with E-state index in [9.17, 15) is 0 Å². The summed E-state index contributed by atoms with van der Waals surface area (Å²) in [6, 6.07) is 10.7. The molecule has 1 saturated carbocycles. The zero-order valence-electron chi connectivity index (χ0n) is 10.1. The second-order valence-electron chi connectivity index (χ2n) is 4.70. The van der Waals surface area contributed by atoms with Crippen molar-refractivity contribution in [1.82, 2.24) is 9.78 Å². The minimum atomic E-state index is 0.803. The van der Waals surface area contributed by atoms with Crippen LogP contribution in [0, 0.1) is 0 Å². The zero-order valence-corrected chi connectivity index (χ0v) is 10.1. The molecule has 0 unspecified atom stereocenters. The summed E-state index contributed by atoms with van der Waals surface area (Å²) < 4.78 is 1.81. The average molecular weight is 227 g/mol. The predicted molar refractivity (Wildman–Crippen MR) is 69.0 cm³/mol. The first kappa shape index (κ1) is 10.4. The van der Waals surface area contributed by atoms with Gasteiger partial charge in [0.1, 0.15) is 5.82 Å². The first-order valence-electron chi connectivity index (χ1n) is 6.14. The van der Waals surface area contributed by atoms with Gasteiger partial charge in [-0.15, -0.1) is 0 Å². The van der Waals surface area contributed by atoms with Gasteiger partial charge in [-0.25, -0.2) is 0 Å². The molecule has 1 aromatic carbocycles. The molecule has 0 aliphatic heterocycles. The Balaban J connectivity index is 1.72. The van der Waals surface area contributed by atoms with Crippen molar-refractivity contribution >= 4 is 5.82 Å². The molecule has 3 heteroatoms. The Bertz CT molecular complexity index is 512. The molecule has 88 valence electrons. The van der Waals surface area contributed by atoms with Crippen LogP contribution in [0.3, 0.4) is 0 Å². The van der Waals surface area contributed by atoms with Gasteiger partial charge in [0.2, 0.25) is 0 Å². The van der Waals surface area contributed by atoms with Crippen LogP contribution in [0.5, 0.6) is 0 Å². The SMILES string of the molecule is Cn1ccc(NCc2ccccc2C2CC2)n1. The van der Waals surface area contributed by atoms with Crippen molar-refractivity contribution in [2.45, 2.75) is 25.3 Å². The average Bonchev–Trinajstić information content (AvgIpc) is 3.11. The molecule has 1 aromatic heterocycles. The molecular weight excluding hydrogens is 210 g/mol. The molecule has 0 saturated heterocycles. The number of aryl methyl sites for hydroxylation is 1. The number of hydrogen-bond donors (Lipinski definition) is 1. The number of benzene rings is 1. The molecule has 1 N–H and O–H groups in total. The summed E-state index contributed by atoms with van der Waals surface area (Å²) in [5.41, 5.74) is 2.91. The van der Waals surface area contributed by atoms with Crippen molar-refractivity contribution < 1.29 is 0 Å². The molecule has 1 heterocycles. The van der Waals surface area contributed by atoms with E-state index in [2.05, 4.69) is 34.7 Å². The highest BCUT2D eigenvalue weighted by Gasteiger charge is 2.25.